The minimum absolute atomic E-state index is 0.0811. The third kappa shape index (κ3) is 4.93. The van der Waals surface area contributed by atoms with Crippen LogP contribution < -0.4 is 10.1 Å². The number of ether oxygens (including phenoxy) is 1. The molecular formula is C16H25NO2. The average Bonchev–Trinajstić information content (AvgIpc) is 2.36. The van der Waals surface area contributed by atoms with Crippen molar-refractivity contribution in [3.8, 4) is 5.75 Å². The van der Waals surface area contributed by atoms with Gasteiger partial charge in [-0.15, -0.1) is 0 Å². The Morgan fingerprint density at radius 3 is 2.05 bits per heavy atom. The van der Waals surface area contributed by atoms with Crippen LogP contribution >= 0.6 is 0 Å². The van der Waals surface area contributed by atoms with Gasteiger partial charge in [-0.25, -0.2) is 0 Å². The first-order chi connectivity index (χ1) is 8.93. The second kappa shape index (κ2) is 7.17. The van der Waals surface area contributed by atoms with Crippen molar-refractivity contribution in [3.63, 3.8) is 0 Å². The zero-order valence-electron chi connectivity index (χ0n) is 12.6. The van der Waals surface area contributed by atoms with Gasteiger partial charge in [0.25, 0.3) is 0 Å². The highest BCUT2D eigenvalue weighted by molar-refractivity contribution is 5.78. The molecule has 0 aliphatic rings. The molecule has 1 N–H and O–H groups in total. The second-order valence-electron chi connectivity index (χ2n) is 5.61. The summed E-state index contributed by atoms with van der Waals surface area (Å²) in [6.07, 6.45) is 0.417. The highest BCUT2D eigenvalue weighted by Crippen LogP contribution is 2.14. The van der Waals surface area contributed by atoms with Crippen LogP contribution in [0.1, 0.15) is 33.3 Å². The SMILES string of the molecule is COc1ccc(CC(=O)NC(C(C)C)C(C)C)cc1. The number of amides is 1. The lowest BCUT2D eigenvalue weighted by molar-refractivity contribution is -0.121. The molecule has 0 saturated carbocycles. The summed E-state index contributed by atoms with van der Waals surface area (Å²) in [5.41, 5.74) is 1.00. The van der Waals surface area contributed by atoms with Crippen molar-refractivity contribution in [2.45, 2.75) is 40.2 Å². The van der Waals surface area contributed by atoms with Crippen LogP contribution in [0.15, 0.2) is 24.3 Å². The van der Waals surface area contributed by atoms with Crippen LogP contribution in [0.2, 0.25) is 0 Å². The van der Waals surface area contributed by atoms with E-state index in [0.29, 0.717) is 18.3 Å². The van der Waals surface area contributed by atoms with Crippen LogP contribution in [0, 0.1) is 11.8 Å². The highest BCUT2D eigenvalue weighted by atomic mass is 16.5. The molecule has 0 radical (unpaired) electrons. The molecular weight excluding hydrogens is 238 g/mol. The molecule has 1 amide bonds. The zero-order chi connectivity index (χ0) is 14.4. The standard InChI is InChI=1S/C16H25NO2/c1-11(2)16(12(3)4)17-15(18)10-13-6-8-14(19-5)9-7-13/h6-9,11-12,16H,10H2,1-5H3,(H,17,18). The fraction of sp³-hybridized carbons (Fsp3) is 0.562. The van der Waals surface area contributed by atoms with Gasteiger partial charge in [0, 0.05) is 6.04 Å². The summed E-state index contributed by atoms with van der Waals surface area (Å²) in [6, 6.07) is 7.84. The van der Waals surface area contributed by atoms with Gasteiger partial charge in [0.15, 0.2) is 0 Å². The number of carbonyl (C=O) groups excluding carboxylic acids is 1. The first-order valence-electron chi connectivity index (χ1n) is 6.86. The van der Waals surface area contributed by atoms with Gasteiger partial charge in [0.1, 0.15) is 5.75 Å². The van der Waals surface area contributed by atoms with Crippen LogP contribution in [0.3, 0.4) is 0 Å². The van der Waals surface area contributed by atoms with Crippen molar-refractivity contribution in [3.05, 3.63) is 29.8 Å². The third-order valence-corrected chi connectivity index (χ3v) is 3.29. The van der Waals surface area contributed by atoms with Gasteiger partial charge in [0.05, 0.1) is 13.5 Å². The fourth-order valence-electron chi connectivity index (χ4n) is 2.27. The molecule has 0 aromatic heterocycles. The molecule has 1 rings (SSSR count). The summed E-state index contributed by atoms with van der Waals surface area (Å²) in [6.45, 7) is 8.55. The number of hydrogen-bond donors (Lipinski definition) is 1. The van der Waals surface area contributed by atoms with E-state index in [4.69, 9.17) is 4.74 Å². The van der Waals surface area contributed by atoms with E-state index < -0.39 is 0 Å². The van der Waals surface area contributed by atoms with Gasteiger partial charge >= 0.3 is 0 Å². The van der Waals surface area contributed by atoms with Gasteiger partial charge in [-0.3, -0.25) is 4.79 Å². The molecule has 0 bridgehead atoms. The second-order valence-corrected chi connectivity index (χ2v) is 5.61. The Morgan fingerprint density at radius 2 is 1.63 bits per heavy atom. The number of methoxy groups -OCH3 is 1. The first kappa shape index (κ1) is 15.5. The lowest BCUT2D eigenvalue weighted by atomic mass is 9.93. The summed E-state index contributed by atoms with van der Waals surface area (Å²) >= 11 is 0. The number of rotatable bonds is 6. The Kier molecular flexibility index (Phi) is 5.87. The summed E-state index contributed by atoms with van der Waals surface area (Å²) in [5, 5.41) is 3.12. The molecule has 19 heavy (non-hydrogen) atoms. The molecule has 1 aromatic carbocycles. The summed E-state index contributed by atoms with van der Waals surface area (Å²) in [5.74, 6) is 1.78. The summed E-state index contributed by atoms with van der Waals surface area (Å²) < 4.78 is 5.10. The highest BCUT2D eigenvalue weighted by Gasteiger charge is 2.19. The Labute approximate surface area is 116 Å². The van der Waals surface area contributed by atoms with Crippen molar-refractivity contribution < 1.29 is 9.53 Å². The topological polar surface area (TPSA) is 38.3 Å². The largest absolute Gasteiger partial charge is 0.497 e. The minimum atomic E-state index is 0.0811. The van der Waals surface area contributed by atoms with Crippen molar-refractivity contribution in [2.75, 3.05) is 7.11 Å². The lowest BCUT2D eigenvalue weighted by Gasteiger charge is -2.26. The number of hydrogen-bond acceptors (Lipinski definition) is 2. The van der Waals surface area contributed by atoms with Crippen LogP contribution in [-0.4, -0.2) is 19.1 Å². The third-order valence-electron chi connectivity index (χ3n) is 3.29. The molecule has 0 heterocycles. The van der Waals surface area contributed by atoms with Gasteiger partial charge in [0.2, 0.25) is 5.91 Å². The van der Waals surface area contributed by atoms with E-state index in [0.717, 1.165) is 11.3 Å². The maximum atomic E-state index is 12.0. The average molecular weight is 263 g/mol. The zero-order valence-corrected chi connectivity index (χ0v) is 12.6. The molecule has 3 nitrogen and oxygen atoms in total. The van der Waals surface area contributed by atoms with Gasteiger partial charge in [-0.05, 0) is 29.5 Å². The summed E-state index contributed by atoms with van der Waals surface area (Å²) in [4.78, 5) is 12.0. The van der Waals surface area contributed by atoms with Crippen molar-refractivity contribution in [1.82, 2.24) is 5.32 Å². The van der Waals surface area contributed by atoms with Crippen LogP contribution in [0.4, 0.5) is 0 Å². The van der Waals surface area contributed by atoms with E-state index in [2.05, 4.69) is 33.0 Å². The molecule has 106 valence electrons. The lowest BCUT2D eigenvalue weighted by Crippen LogP contribution is -2.42. The Balaban J connectivity index is 2.58. The Morgan fingerprint density at radius 1 is 1.11 bits per heavy atom. The molecule has 0 atom stereocenters. The first-order valence-corrected chi connectivity index (χ1v) is 6.86. The van der Waals surface area contributed by atoms with E-state index in [1.165, 1.54) is 0 Å². The molecule has 0 aliphatic heterocycles. The molecule has 0 saturated heterocycles. The van der Waals surface area contributed by atoms with Gasteiger partial charge < -0.3 is 10.1 Å². The maximum Gasteiger partial charge on any atom is 0.224 e. The predicted molar refractivity (Wildman–Crippen MR) is 78.3 cm³/mol. The van der Waals surface area contributed by atoms with Crippen molar-refractivity contribution >= 4 is 5.91 Å². The number of nitrogens with one attached hydrogen (secondary N) is 1. The Hall–Kier alpha value is -1.51. The molecule has 0 aliphatic carbocycles. The molecule has 0 unspecified atom stereocenters. The quantitative estimate of drug-likeness (QED) is 0.856. The van der Waals surface area contributed by atoms with Crippen LogP contribution in [0.5, 0.6) is 5.75 Å². The monoisotopic (exact) mass is 263 g/mol. The molecule has 3 heteroatoms. The number of carbonyl (C=O) groups is 1. The Bertz CT molecular complexity index is 388. The van der Waals surface area contributed by atoms with Gasteiger partial charge in [-0.2, -0.15) is 0 Å². The molecule has 0 fully saturated rings. The van der Waals surface area contributed by atoms with E-state index in [1.54, 1.807) is 7.11 Å². The number of benzene rings is 1. The van der Waals surface area contributed by atoms with Crippen molar-refractivity contribution in [2.24, 2.45) is 11.8 Å². The maximum absolute atomic E-state index is 12.0. The summed E-state index contributed by atoms with van der Waals surface area (Å²) in [7, 11) is 1.64. The van der Waals surface area contributed by atoms with Crippen molar-refractivity contribution in [1.29, 1.82) is 0 Å². The fourth-order valence-corrected chi connectivity index (χ4v) is 2.27. The van der Waals surface area contributed by atoms with Crippen LogP contribution in [-0.2, 0) is 11.2 Å². The van der Waals surface area contributed by atoms with Gasteiger partial charge in [-0.1, -0.05) is 39.8 Å². The van der Waals surface area contributed by atoms with E-state index in [9.17, 15) is 4.79 Å². The smallest absolute Gasteiger partial charge is 0.224 e. The minimum Gasteiger partial charge on any atom is -0.497 e. The molecule has 0 spiro atoms. The van der Waals surface area contributed by atoms with E-state index in [1.807, 2.05) is 24.3 Å². The van der Waals surface area contributed by atoms with E-state index in [-0.39, 0.29) is 11.9 Å². The van der Waals surface area contributed by atoms with Crippen LogP contribution in [0.25, 0.3) is 0 Å². The van der Waals surface area contributed by atoms with E-state index >= 15 is 0 Å². The normalized spacial score (nSPS) is 11.2. The molecule has 1 aromatic rings. The predicted octanol–water partition coefficient (Wildman–Crippen LogP) is 3.03.